The molecule has 0 unspecified atom stereocenters. The lowest BCUT2D eigenvalue weighted by atomic mass is 10.2. The van der Waals surface area contributed by atoms with E-state index in [2.05, 4.69) is 5.32 Å². The number of amides is 1. The summed E-state index contributed by atoms with van der Waals surface area (Å²) in [4.78, 5) is 32.9. The first-order valence-corrected chi connectivity index (χ1v) is 8.06. The molecule has 0 aliphatic carbocycles. The molecule has 8 heteroatoms. The van der Waals surface area contributed by atoms with Gasteiger partial charge in [0.15, 0.2) is 0 Å². The Balaban J connectivity index is 3.33. The summed E-state index contributed by atoms with van der Waals surface area (Å²) < 4.78 is 15.7. The van der Waals surface area contributed by atoms with Gasteiger partial charge >= 0.3 is 11.9 Å². The number of rotatable bonds is 13. The second kappa shape index (κ2) is 12.7. The van der Waals surface area contributed by atoms with Crippen molar-refractivity contribution in [3.05, 3.63) is 0 Å². The molecule has 24 heavy (non-hydrogen) atoms. The first-order valence-electron chi connectivity index (χ1n) is 8.06. The predicted octanol–water partition coefficient (Wildman–Crippen LogP) is 1.12. The quantitative estimate of drug-likeness (QED) is 0.379. The van der Waals surface area contributed by atoms with Crippen LogP contribution >= 0.6 is 0 Å². The van der Waals surface area contributed by atoms with E-state index in [1.165, 1.54) is 0 Å². The van der Waals surface area contributed by atoms with Crippen LogP contribution in [-0.2, 0) is 28.6 Å². The Morgan fingerprint density at radius 2 is 1.54 bits per heavy atom. The summed E-state index contributed by atoms with van der Waals surface area (Å²) in [6, 6.07) is 0. The molecule has 0 saturated heterocycles. The third-order valence-electron chi connectivity index (χ3n) is 2.60. The van der Waals surface area contributed by atoms with Gasteiger partial charge < -0.3 is 24.6 Å². The highest BCUT2D eigenvalue weighted by Crippen LogP contribution is 2.07. The molecule has 2 N–H and O–H groups in total. The van der Waals surface area contributed by atoms with Gasteiger partial charge in [-0.1, -0.05) is 0 Å². The van der Waals surface area contributed by atoms with E-state index < -0.39 is 11.6 Å². The average Bonchev–Trinajstić information content (AvgIpc) is 2.45. The Labute approximate surface area is 142 Å². The number of hydrogen-bond acceptors (Lipinski definition) is 6. The van der Waals surface area contributed by atoms with E-state index in [9.17, 15) is 14.4 Å². The van der Waals surface area contributed by atoms with Crippen LogP contribution in [-0.4, -0.2) is 61.5 Å². The Morgan fingerprint density at radius 1 is 0.917 bits per heavy atom. The Hall–Kier alpha value is -1.67. The molecule has 0 heterocycles. The molecule has 0 bridgehead atoms. The number of carboxylic acids is 1. The minimum Gasteiger partial charge on any atom is -0.481 e. The van der Waals surface area contributed by atoms with Gasteiger partial charge in [-0.05, 0) is 27.2 Å². The van der Waals surface area contributed by atoms with Gasteiger partial charge in [0.25, 0.3) is 0 Å². The molecule has 0 spiro atoms. The summed E-state index contributed by atoms with van der Waals surface area (Å²) in [6.45, 7) is 7.43. The van der Waals surface area contributed by atoms with Gasteiger partial charge in [-0.2, -0.15) is 0 Å². The molecule has 140 valence electrons. The highest BCUT2D eigenvalue weighted by Gasteiger charge is 2.15. The average molecular weight is 347 g/mol. The van der Waals surface area contributed by atoms with Crippen LogP contribution < -0.4 is 5.32 Å². The molecule has 0 aromatic carbocycles. The molecule has 1 amide bonds. The number of carbonyl (C=O) groups excluding carboxylic acids is 2. The topological polar surface area (TPSA) is 111 Å². The standard InChI is InChI=1S/C16H29NO7/c1-16(2,3)24-15(21)7-10-23-12-11-22-9-4-8-17-13(18)5-6-14(19)20/h4-12H2,1-3H3,(H,17,18)(H,19,20). The maximum Gasteiger partial charge on any atom is 0.308 e. The SMILES string of the molecule is CC(C)(C)OC(=O)CCOCCOCCCNC(=O)CCC(=O)O. The summed E-state index contributed by atoms with van der Waals surface area (Å²) in [5.74, 6) is -1.55. The second-order valence-electron chi connectivity index (χ2n) is 6.16. The number of hydrogen-bond donors (Lipinski definition) is 2. The van der Waals surface area contributed by atoms with E-state index in [-0.39, 0.29) is 37.7 Å². The van der Waals surface area contributed by atoms with Crippen molar-refractivity contribution in [2.75, 3.05) is 33.0 Å². The van der Waals surface area contributed by atoms with Crippen LogP contribution in [0.3, 0.4) is 0 Å². The fourth-order valence-corrected chi connectivity index (χ4v) is 1.58. The first-order chi connectivity index (χ1) is 11.2. The Morgan fingerprint density at radius 3 is 2.12 bits per heavy atom. The molecule has 0 rings (SSSR count). The van der Waals surface area contributed by atoms with Crippen molar-refractivity contribution in [3.63, 3.8) is 0 Å². The van der Waals surface area contributed by atoms with E-state index in [4.69, 9.17) is 19.3 Å². The summed E-state index contributed by atoms with van der Waals surface area (Å²) in [6.07, 6.45) is 0.668. The van der Waals surface area contributed by atoms with Crippen molar-refractivity contribution in [1.82, 2.24) is 5.32 Å². The molecular weight excluding hydrogens is 318 g/mol. The zero-order valence-corrected chi connectivity index (χ0v) is 14.8. The first kappa shape index (κ1) is 22.3. The number of esters is 1. The molecule has 0 aliphatic rings. The van der Waals surface area contributed by atoms with Crippen LogP contribution in [0.5, 0.6) is 0 Å². The number of ether oxygens (including phenoxy) is 3. The van der Waals surface area contributed by atoms with E-state index >= 15 is 0 Å². The number of aliphatic carboxylic acids is 1. The molecular formula is C16H29NO7. The molecule has 8 nitrogen and oxygen atoms in total. The lowest BCUT2D eigenvalue weighted by molar-refractivity contribution is -0.156. The van der Waals surface area contributed by atoms with Crippen LogP contribution in [0.15, 0.2) is 0 Å². The van der Waals surface area contributed by atoms with E-state index in [0.717, 1.165) is 0 Å². The zero-order chi connectivity index (χ0) is 18.4. The van der Waals surface area contributed by atoms with Crippen molar-refractivity contribution in [2.24, 2.45) is 0 Å². The van der Waals surface area contributed by atoms with Crippen LogP contribution in [0.2, 0.25) is 0 Å². The fraction of sp³-hybridized carbons (Fsp3) is 0.812. The minimum atomic E-state index is -0.986. The van der Waals surface area contributed by atoms with Crippen molar-refractivity contribution >= 4 is 17.8 Å². The highest BCUT2D eigenvalue weighted by molar-refractivity contribution is 5.80. The molecule has 0 aromatic rings. The van der Waals surface area contributed by atoms with Gasteiger partial charge in [-0.3, -0.25) is 14.4 Å². The summed E-state index contributed by atoms with van der Waals surface area (Å²) in [5.41, 5.74) is -0.483. The summed E-state index contributed by atoms with van der Waals surface area (Å²) in [5, 5.41) is 11.1. The van der Waals surface area contributed by atoms with Crippen LogP contribution in [0.25, 0.3) is 0 Å². The van der Waals surface area contributed by atoms with E-state index in [0.29, 0.717) is 32.8 Å². The molecule has 0 saturated carbocycles. The van der Waals surface area contributed by atoms with Crippen molar-refractivity contribution < 1.29 is 33.7 Å². The van der Waals surface area contributed by atoms with Crippen molar-refractivity contribution in [1.29, 1.82) is 0 Å². The predicted molar refractivity (Wildman–Crippen MR) is 86.6 cm³/mol. The maximum atomic E-state index is 11.4. The van der Waals surface area contributed by atoms with Gasteiger partial charge in [-0.15, -0.1) is 0 Å². The van der Waals surface area contributed by atoms with E-state index in [1.54, 1.807) is 0 Å². The smallest absolute Gasteiger partial charge is 0.308 e. The monoisotopic (exact) mass is 347 g/mol. The van der Waals surface area contributed by atoms with Crippen LogP contribution in [0.4, 0.5) is 0 Å². The lowest BCUT2D eigenvalue weighted by Crippen LogP contribution is -2.25. The Bertz CT molecular complexity index is 390. The zero-order valence-electron chi connectivity index (χ0n) is 14.8. The summed E-state index contributed by atoms with van der Waals surface area (Å²) in [7, 11) is 0. The largest absolute Gasteiger partial charge is 0.481 e. The van der Waals surface area contributed by atoms with Gasteiger partial charge in [0.1, 0.15) is 5.60 Å². The number of carboxylic acid groups (broad SMARTS) is 1. The van der Waals surface area contributed by atoms with Crippen molar-refractivity contribution in [2.45, 2.75) is 52.1 Å². The lowest BCUT2D eigenvalue weighted by Gasteiger charge is -2.19. The maximum absolute atomic E-state index is 11.4. The minimum absolute atomic E-state index is 0.0122. The second-order valence-corrected chi connectivity index (χ2v) is 6.16. The summed E-state index contributed by atoms with van der Waals surface area (Å²) >= 11 is 0. The highest BCUT2D eigenvalue weighted by atomic mass is 16.6. The van der Waals surface area contributed by atoms with Gasteiger partial charge in [0.05, 0.1) is 32.7 Å². The molecule has 0 fully saturated rings. The third kappa shape index (κ3) is 16.7. The normalized spacial score (nSPS) is 11.1. The fourth-order valence-electron chi connectivity index (χ4n) is 1.58. The third-order valence-corrected chi connectivity index (χ3v) is 2.60. The van der Waals surface area contributed by atoms with E-state index in [1.807, 2.05) is 20.8 Å². The van der Waals surface area contributed by atoms with Gasteiger partial charge in [0.2, 0.25) is 5.91 Å². The molecule has 0 aliphatic heterocycles. The van der Waals surface area contributed by atoms with Crippen LogP contribution in [0.1, 0.15) is 46.5 Å². The van der Waals surface area contributed by atoms with Crippen molar-refractivity contribution in [3.8, 4) is 0 Å². The Kier molecular flexibility index (Phi) is 11.8. The molecule has 0 aromatic heterocycles. The van der Waals surface area contributed by atoms with Crippen LogP contribution in [0, 0.1) is 0 Å². The number of carbonyl (C=O) groups is 3. The number of nitrogens with one attached hydrogen (secondary N) is 1. The molecule has 0 radical (unpaired) electrons. The van der Waals surface area contributed by atoms with Gasteiger partial charge in [-0.25, -0.2) is 0 Å². The molecule has 0 atom stereocenters. The van der Waals surface area contributed by atoms with Gasteiger partial charge in [0, 0.05) is 19.6 Å².